The summed E-state index contributed by atoms with van der Waals surface area (Å²) in [6, 6.07) is 9.07. The first kappa shape index (κ1) is 17.0. The van der Waals surface area contributed by atoms with Crippen LogP contribution in [0.15, 0.2) is 30.3 Å². The SMILES string of the molecule is COC(=O)CC(ONC(=O)OC(C)(C)C)c1ccccc1. The van der Waals surface area contributed by atoms with Crippen LogP contribution in [0.25, 0.3) is 0 Å². The van der Waals surface area contributed by atoms with Crippen LogP contribution >= 0.6 is 0 Å². The smallest absolute Gasteiger partial charge is 0.431 e. The largest absolute Gasteiger partial charge is 0.469 e. The van der Waals surface area contributed by atoms with Crippen molar-refractivity contribution in [2.75, 3.05) is 7.11 Å². The van der Waals surface area contributed by atoms with E-state index >= 15 is 0 Å². The molecule has 0 spiro atoms. The highest BCUT2D eigenvalue weighted by molar-refractivity contribution is 5.70. The van der Waals surface area contributed by atoms with E-state index in [9.17, 15) is 9.59 Å². The summed E-state index contributed by atoms with van der Waals surface area (Å²) < 4.78 is 9.69. The van der Waals surface area contributed by atoms with Gasteiger partial charge in [0.1, 0.15) is 11.7 Å². The van der Waals surface area contributed by atoms with Crippen molar-refractivity contribution in [3.8, 4) is 0 Å². The normalized spacial score (nSPS) is 12.4. The molecule has 1 N–H and O–H groups in total. The van der Waals surface area contributed by atoms with Crippen molar-refractivity contribution in [3.05, 3.63) is 35.9 Å². The summed E-state index contributed by atoms with van der Waals surface area (Å²) in [6.45, 7) is 5.24. The van der Waals surface area contributed by atoms with Crippen LogP contribution in [0.1, 0.15) is 38.9 Å². The minimum Gasteiger partial charge on any atom is -0.469 e. The molecule has 0 fully saturated rings. The van der Waals surface area contributed by atoms with Gasteiger partial charge in [0, 0.05) is 0 Å². The molecule has 1 unspecified atom stereocenters. The van der Waals surface area contributed by atoms with Crippen molar-refractivity contribution in [1.82, 2.24) is 5.48 Å². The van der Waals surface area contributed by atoms with E-state index in [-0.39, 0.29) is 6.42 Å². The summed E-state index contributed by atoms with van der Waals surface area (Å²) in [4.78, 5) is 28.3. The zero-order chi connectivity index (χ0) is 15.9. The third-order valence-electron chi connectivity index (χ3n) is 2.43. The van der Waals surface area contributed by atoms with Gasteiger partial charge in [-0.25, -0.2) is 4.79 Å². The van der Waals surface area contributed by atoms with Crippen LogP contribution in [-0.2, 0) is 19.1 Å². The number of rotatable bonds is 5. The molecule has 1 rings (SSSR count). The third-order valence-corrected chi connectivity index (χ3v) is 2.43. The van der Waals surface area contributed by atoms with Gasteiger partial charge in [-0.15, -0.1) is 0 Å². The number of methoxy groups -OCH3 is 1. The van der Waals surface area contributed by atoms with Gasteiger partial charge in [0.2, 0.25) is 0 Å². The second-order valence-electron chi connectivity index (χ2n) is 5.40. The zero-order valence-electron chi connectivity index (χ0n) is 12.7. The van der Waals surface area contributed by atoms with Crippen LogP contribution in [0.5, 0.6) is 0 Å². The van der Waals surface area contributed by atoms with Gasteiger partial charge in [0.15, 0.2) is 0 Å². The van der Waals surface area contributed by atoms with E-state index in [4.69, 9.17) is 9.57 Å². The Kier molecular flexibility index (Phi) is 6.17. The molecule has 1 amide bonds. The molecule has 1 aromatic carbocycles. The Morgan fingerprint density at radius 3 is 2.33 bits per heavy atom. The number of nitrogens with one attached hydrogen (secondary N) is 1. The fourth-order valence-electron chi connectivity index (χ4n) is 1.55. The quantitative estimate of drug-likeness (QED) is 0.668. The summed E-state index contributed by atoms with van der Waals surface area (Å²) in [5, 5.41) is 0. The number of hydroxylamine groups is 1. The van der Waals surface area contributed by atoms with Gasteiger partial charge in [-0.3, -0.25) is 9.63 Å². The number of amides is 1. The van der Waals surface area contributed by atoms with E-state index in [2.05, 4.69) is 10.2 Å². The van der Waals surface area contributed by atoms with Crippen LogP contribution in [0.4, 0.5) is 4.79 Å². The maximum Gasteiger partial charge on any atom is 0.431 e. The molecule has 0 saturated carbocycles. The maximum atomic E-state index is 11.6. The molecule has 116 valence electrons. The first-order chi connectivity index (χ1) is 9.81. The molecule has 0 radical (unpaired) electrons. The van der Waals surface area contributed by atoms with Gasteiger partial charge in [-0.1, -0.05) is 30.3 Å². The van der Waals surface area contributed by atoms with Gasteiger partial charge in [-0.05, 0) is 26.3 Å². The Morgan fingerprint density at radius 2 is 1.81 bits per heavy atom. The van der Waals surface area contributed by atoms with E-state index in [1.165, 1.54) is 7.11 Å². The highest BCUT2D eigenvalue weighted by atomic mass is 16.7. The van der Waals surface area contributed by atoms with Gasteiger partial charge >= 0.3 is 12.1 Å². The molecule has 0 bridgehead atoms. The molecule has 0 aliphatic rings. The molecule has 0 aliphatic carbocycles. The molecule has 1 atom stereocenters. The summed E-state index contributed by atoms with van der Waals surface area (Å²) >= 11 is 0. The monoisotopic (exact) mass is 295 g/mol. The predicted octanol–water partition coefficient (Wildman–Crippen LogP) is 2.75. The molecular formula is C15H21NO5. The van der Waals surface area contributed by atoms with Gasteiger partial charge < -0.3 is 9.47 Å². The number of esters is 1. The average Bonchev–Trinajstić information content (AvgIpc) is 2.42. The van der Waals surface area contributed by atoms with E-state index in [1.54, 1.807) is 32.9 Å². The van der Waals surface area contributed by atoms with Crippen LogP contribution in [-0.4, -0.2) is 24.8 Å². The van der Waals surface area contributed by atoms with Crippen molar-refractivity contribution in [1.29, 1.82) is 0 Å². The Morgan fingerprint density at radius 1 is 1.19 bits per heavy atom. The third kappa shape index (κ3) is 6.76. The molecule has 0 aliphatic heterocycles. The first-order valence-electron chi connectivity index (χ1n) is 6.58. The summed E-state index contributed by atoms with van der Waals surface area (Å²) in [5.74, 6) is -0.435. The highest BCUT2D eigenvalue weighted by Gasteiger charge is 2.21. The second kappa shape index (κ2) is 7.64. The lowest BCUT2D eigenvalue weighted by Gasteiger charge is -2.21. The van der Waals surface area contributed by atoms with E-state index in [0.717, 1.165) is 5.56 Å². The number of carbonyl (C=O) groups is 2. The minimum absolute atomic E-state index is 0.0175. The molecule has 6 heteroatoms. The number of carbonyl (C=O) groups excluding carboxylic acids is 2. The predicted molar refractivity (Wildman–Crippen MR) is 76.3 cm³/mol. The van der Waals surface area contributed by atoms with Crippen molar-refractivity contribution in [3.63, 3.8) is 0 Å². The minimum atomic E-state index is -0.715. The molecule has 0 aromatic heterocycles. The van der Waals surface area contributed by atoms with E-state index in [0.29, 0.717) is 0 Å². The Hall–Kier alpha value is -2.08. The first-order valence-corrected chi connectivity index (χ1v) is 6.58. The van der Waals surface area contributed by atoms with Gasteiger partial charge in [0.25, 0.3) is 0 Å². The van der Waals surface area contributed by atoms with Crippen molar-refractivity contribution >= 4 is 12.1 Å². The fraction of sp³-hybridized carbons (Fsp3) is 0.467. The Labute approximate surface area is 124 Å². The van der Waals surface area contributed by atoms with Gasteiger partial charge in [0.05, 0.1) is 13.5 Å². The van der Waals surface area contributed by atoms with Crippen LogP contribution in [0, 0.1) is 0 Å². The number of hydrogen-bond acceptors (Lipinski definition) is 5. The molecule has 6 nitrogen and oxygen atoms in total. The van der Waals surface area contributed by atoms with Crippen LogP contribution < -0.4 is 5.48 Å². The van der Waals surface area contributed by atoms with Gasteiger partial charge in [-0.2, -0.15) is 5.48 Å². The molecule has 0 saturated heterocycles. The van der Waals surface area contributed by atoms with Crippen molar-refractivity contribution < 1.29 is 23.9 Å². The number of benzene rings is 1. The zero-order valence-corrected chi connectivity index (χ0v) is 12.7. The number of hydrogen-bond donors (Lipinski definition) is 1. The summed E-state index contributed by atoms with van der Waals surface area (Å²) in [6.07, 6.45) is -1.38. The molecule has 1 aromatic rings. The fourth-order valence-corrected chi connectivity index (χ4v) is 1.55. The Balaban J connectivity index is 2.66. The summed E-state index contributed by atoms with van der Waals surface area (Å²) in [7, 11) is 1.30. The second-order valence-corrected chi connectivity index (χ2v) is 5.40. The van der Waals surface area contributed by atoms with Crippen LogP contribution in [0.3, 0.4) is 0 Å². The number of ether oxygens (including phenoxy) is 2. The molecule has 0 heterocycles. The van der Waals surface area contributed by atoms with Crippen LogP contribution in [0.2, 0.25) is 0 Å². The van der Waals surface area contributed by atoms with Crippen molar-refractivity contribution in [2.45, 2.75) is 38.9 Å². The highest BCUT2D eigenvalue weighted by Crippen LogP contribution is 2.20. The standard InChI is InChI=1S/C15H21NO5/c1-15(2,3)20-14(18)16-21-12(10-13(17)19-4)11-8-6-5-7-9-11/h5-9,12H,10H2,1-4H3,(H,16,18). The Bertz CT molecular complexity index is 467. The lowest BCUT2D eigenvalue weighted by Crippen LogP contribution is -2.33. The topological polar surface area (TPSA) is 73.9 Å². The lowest BCUT2D eigenvalue weighted by molar-refractivity contribution is -0.145. The summed E-state index contributed by atoms with van der Waals surface area (Å²) in [5.41, 5.74) is 2.32. The lowest BCUT2D eigenvalue weighted by atomic mass is 10.1. The van der Waals surface area contributed by atoms with E-state index in [1.807, 2.05) is 18.2 Å². The maximum absolute atomic E-state index is 11.6. The average molecular weight is 295 g/mol. The van der Waals surface area contributed by atoms with E-state index < -0.39 is 23.8 Å². The molecular weight excluding hydrogens is 274 g/mol. The molecule has 21 heavy (non-hydrogen) atoms. The van der Waals surface area contributed by atoms with Crippen molar-refractivity contribution in [2.24, 2.45) is 0 Å².